The van der Waals surface area contributed by atoms with E-state index in [1.165, 1.54) is 0 Å². The van der Waals surface area contributed by atoms with E-state index in [9.17, 15) is 4.79 Å². The first-order valence-corrected chi connectivity index (χ1v) is 5.92. The van der Waals surface area contributed by atoms with Gasteiger partial charge < -0.3 is 10.8 Å². The van der Waals surface area contributed by atoms with Gasteiger partial charge in [-0.2, -0.15) is 0 Å². The van der Waals surface area contributed by atoms with Crippen molar-refractivity contribution in [2.75, 3.05) is 0 Å². The van der Waals surface area contributed by atoms with E-state index in [1.807, 2.05) is 31.2 Å². The van der Waals surface area contributed by atoms with Crippen molar-refractivity contribution in [2.24, 2.45) is 5.73 Å². The molecule has 1 aromatic heterocycles. The highest BCUT2D eigenvalue weighted by atomic mass is 16.4. The van der Waals surface area contributed by atoms with Crippen molar-refractivity contribution in [1.29, 1.82) is 0 Å². The highest BCUT2D eigenvalue weighted by molar-refractivity contribution is 5.67. The van der Waals surface area contributed by atoms with Crippen LogP contribution in [0, 0.1) is 6.92 Å². The van der Waals surface area contributed by atoms with Crippen LogP contribution in [-0.4, -0.2) is 21.0 Å². The van der Waals surface area contributed by atoms with Crippen molar-refractivity contribution in [3.8, 4) is 11.4 Å². The standard InChI is InChI=1S/C14H15N3O2/c1-9-3-2-4-10(5-9)14-16-7-11(8-17-14)12(15)6-13(18)19/h2-5,7-8,12H,6,15H2,1H3,(H,18,19). The molecule has 1 heterocycles. The largest absolute Gasteiger partial charge is 0.481 e. The number of aliphatic carboxylic acids is 1. The van der Waals surface area contributed by atoms with Gasteiger partial charge in [0, 0.05) is 29.6 Å². The van der Waals surface area contributed by atoms with Crippen LogP contribution in [0.5, 0.6) is 0 Å². The third-order valence-corrected chi connectivity index (χ3v) is 2.77. The Kier molecular flexibility index (Phi) is 3.87. The van der Waals surface area contributed by atoms with Gasteiger partial charge in [-0.25, -0.2) is 9.97 Å². The second kappa shape index (κ2) is 5.58. The van der Waals surface area contributed by atoms with Crippen LogP contribution in [0.3, 0.4) is 0 Å². The molecule has 5 heteroatoms. The van der Waals surface area contributed by atoms with Crippen LogP contribution in [0.4, 0.5) is 0 Å². The van der Waals surface area contributed by atoms with E-state index in [2.05, 4.69) is 9.97 Å². The fourth-order valence-corrected chi connectivity index (χ4v) is 1.77. The number of rotatable bonds is 4. The Hall–Kier alpha value is -2.27. The second-order valence-electron chi connectivity index (χ2n) is 4.41. The van der Waals surface area contributed by atoms with Crippen LogP contribution < -0.4 is 5.73 Å². The van der Waals surface area contributed by atoms with Crippen molar-refractivity contribution >= 4 is 5.97 Å². The Balaban J connectivity index is 2.21. The lowest BCUT2D eigenvalue weighted by Gasteiger charge is -2.09. The Labute approximate surface area is 111 Å². The Morgan fingerprint density at radius 3 is 2.63 bits per heavy atom. The minimum absolute atomic E-state index is 0.132. The van der Waals surface area contributed by atoms with Gasteiger partial charge in [0.2, 0.25) is 0 Å². The van der Waals surface area contributed by atoms with Crippen molar-refractivity contribution in [3.05, 3.63) is 47.8 Å². The Bertz CT molecular complexity index is 581. The van der Waals surface area contributed by atoms with Gasteiger partial charge in [0.05, 0.1) is 6.42 Å². The maximum Gasteiger partial charge on any atom is 0.305 e. The van der Waals surface area contributed by atoms with Gasteiger partial charge in [-0.1, -0.05) is 23.8 Å². The maximum atomic E-state index is 10.6. The zero-order chi connectivity index (χ0) is 13.8. The van der Waals surface area contributed by atoms with Crippen molar-refractivity contribution in [3.63, 3.8) is 0 Å². The summed E-state index contributed by atoms with van der Waals surface area (Å²) in [5.74, 6) is -0.328. The summed E-state index contributed by atoms with van der Waals surface area (Å²) in [6.07, 6.45) is 3.03. The summed E-state index contributed by atoms with van der Waals surface area (Å²) in [5.41, 5.74) is 8.43. The molecule has 0 fully saturated rings. The molecule has 2 aromatic rings. The van der Waals surface area contributed by atoms with Crippen LogP contribution in [0.15, 0.2) is 36.7 Å². The van der Waals surface area contributed by atoms with E-state index >= 15 is 0 Å². The predicted octanol–water partition coefficient (Wildman–Crippen LogP) is 1.93. The molecule has 1 aromatic carbocycles. The molecule has 0 bridgehead atoms. The third-order valence-electron chi connectivity index (χ3n) is 2.77. The Morgan fingerprint density at radius 1 is 1.37 bits per heavy atom. The SMILES string of the molecule is Cc1cccc(-c2ncc(C(N)CC(=O)O)cn2)c1. The number of hydrogen-bond acceptors (Lipinski definition) is 4. The molecule has 19 heavy (non-hydrogen) atoms. The molecule has 0 saturated carbocycles. The second-order valence-corrected chi connectivity index (χ2v) is 4.41. The summed E-state index contributed by atoms with van der Waals surface area (Å²) in [7, 11) is 0. The van der Waals surface area contributed by atoms with Crippen LogP contribution in [0.25, 0.3) is 11.4 Å². The number of aromatic nitrogens is 2. The van der Waals surface area contributed by atoms with Crippen LogP contribution in [0.2, 0.25) is 0 Å². The van der Waals surface area contributed by atoms with E-state index in [1.54, 1.807) is 12.4 Å². The summed E-state index contributed by atoms with van der Waals surface area (Å²) < 4.78 is 0. The minimum atomic E-state index is -0.935. The molecular formula is C14H15N3O2. The molecule has 1 atom stereocenters. The van der Waals surface area contributed by atoms with Crippen molar-refractivity contribution < 1.29 is 9.90 Å². The van der Waals surface area contributed by atoms with Gasteiger partial charge in [-0.05, 0) is 13.0 Å². The van der Waals surface area contributed by atoms with E-state index in [4.69, 9.17) is 10.8 Å². The number of carboxylic acids is 1. The van der Waals surface area contributed by atoms with Gasteiger partial charge in [0.25, 0.3) is 0 Å². The molecule has 1 unspecified atom stereocenters. The monoisotopic (exact) mass is 257 g/mol. The van der Waals surface area contributed by atoms with E-state index < -0.39 is 12.0 Å². The van der Waals surface area contributed by atoms with Gasteiger partial charge in [-0.3, -0.25) is 4.79 Å². The number of hydrogen-bond donors (Lipinski definition) is 2. The molecule has 0 aliphatic carbocycles. The number of aryl methyl sites for hydroxylation is 1. The molecule has 98 valence electrons. The Morgan fingerprint density at radius 2 is 2.05 bits per heavy atom. The number of nitrogens with two attached hydrogens (primary N) is 1. The molecular weight excluding hydrogens is 242 g/mol. The molecule has 0 aliphatic rings. The fourth-order valence-electron chi connectivity index (χ4n) is 1.77. The first-order chi connectivity index (χ1) is 9.06. The van der Waals surface area contributed by atoms with Crippen molar-refractivity contribution in [1.82, 2.24) is 9.97 Å². The fraction of sp³-hybridized carbons (Fsp3) is 0.214. The van der Waals surface area contributed by atoms with E-state index in [-0.39, 0.29) is 6.42 Å². The van der Waals surface area contributed by atoms with Crippen molar-refractivity contribution in [2.45, 2.75) is 19.4 Å². The van der Waals surface area contributed by atoms with Gasteiger partial charge in [-0.15, -0.1) is 0 Å². The lowest BCUT2D eigenvalue weighted by atomic mass is 10.1. The third kappa shape index (κ3) is 3.35. The normalized spacial score (nSPS) is 12.1. The number of benzene rings is 1. The summed E-state index contributed by atoms with van der Waals surface area (Å²) in [6.45, 7) is 2.00. The summed E-state index contributed by atoms with van der Waals surface area (Å²) in [5, 5.41) is 8.69. The van der Waals surface area contributed by atoms with Crippen LogP contribution >= 0.6 is 0 Å². The molecule has 0 spiro atoms. The molecule has 5 nitrogen and oxygen atoms in total. The molecule has 2 rings (SSSR count). The molecule has 3 N–H and O–H groups in total. The highest BCUT2D eigenvalue weighted by Gasteiger charge is 2.11. The zero-order valence-electron chi connectivity index (χ0n) is 10.6. The van der Waals surface area contributed by atoms with Crippen LogP contribution in [-0.2, 0) is 4.79 Å². The average molecular weight is 257 g/mol. The number of nitrogens with zero attached hydrogens (tertiary/aromatic N) is 2. The molecule has 0 saturated heterocycles. The van der Waals surface area contributed by atoms with Gasteiger partial charge >= 0.3 is 5.97 Å². The minimum Gasteiger partial charge on any atom is -0.481 e. The first kappa shape index (κ1) is 13.2. The summed E-state index contributed by atoms with van der Waals surface area (Å²) in [6, 6.07) is 7.29. The zero-order valence-corrected chi connectivity index (χ0v) is 10.6. The summed E-state index contributed by atoms with van der Waals surface area (Å²) in [4.78, 5) is 19.1. The maximum absolute atomic E-state index is 10.6. The lowest BCUT2D eigenvalue weighted by Crippen LogP contribution is -2.15. The van der Waals surface area contributed by atoms with E-state index in [0.29, 0.717) is 11.4 Å². The number of carbonyl (C=O) groups is 1. The topological polar surface area (TPSA) is 89.1 Å². The lowest BCUT2D eigenvalue weighted by molar-refractivity contribution is -0.137. The smallest absolute Gasteiger partial charge is 0.305 e. The quantitative estimate of drug-likeness (QED) is 0.873. The molecule has 0 aliphatic heterocycles. The van der Waals surface area contributed by atoms with E-state index in [0.717, 1.165) is 11.1 Å². The van der Waals surface area contributed by atoms with Crippen LogP contribution in [0.1, 0.15) is 23.6 Å². The molecule has 0 amide bonds. The predicted molar refractivity (Wildman–Crippen MR) is 71.4 cm³/mol. The van der Waals surface area contributed by atoms with Gasteiger partial charge in [0.15, 0.2) is 5.82 Å². The van der Waals surface area contributed by atoms with Gasteiger partial charge in [0.1, 0.15) is 0 Å². The number of carboxylic acid groups (broad SMARTS) is 1. The average Bonchev–Trinajstić information content (AvgIpc) is 2.38. The first-order valence-electron chi connectivity index (χ1n) is 5.92. The molecule has 0 radical (unpaired) electrons. The summed E-state index contributed by atoms with van der Waals surface area (Å²) >= 11 is 0. The highest BCUT2D eigenvalue weighted by Crippen LogP contribution is 2.18.